The van der Waals surface area contributed by atoms with Crippen LogP contribution in [0.1, 0.15) is 18.1 Å². The lowest BCUT2D eigenvalue weighted by Crippen LogP contribution is -2.28. The average molecular weight is 209 g/mol. The summed E-state index contributed by atoms with van der Waals surface area (Å²) in [6.45, 7) is 5.91. The van der Waals surface area contributed by atoms with Gasteiger partial charge >= 0.3 is 0 Å². The minimum Gasteiger partial charge on any atom is -0.484 e. The van der Waals surface area contributed by atoms with E-state index in [2.05, 4.69) is 6.07 Å². The van der Waals surface area contributed by atoms with Crippen molar-refractivity contribution in [2.45, 2.75) is 26.9 Å². The average Bonchev–Trinajstić information content (AvgIpc) is 2.01. The molecule has 3 heteroatoms. The Morgan fingerprint density at radius 1 is 1.29 bits per heavy atom. The first-order chi connectivity index (χ1) is 6.49. The van der Waals surface area contributed by atoms with Crippen molar-refractivity contribution < 1.29 is 4.74 Å². The third-order valence-corrected chi connectivity index (χ3v) is 2.24. The SMILES string of the molecule is Cc1cc(C)cc(OC(C)C(N)=S)c1. The molecule has 14 heavy (non-hydrogen) atoms. The molecule has 0 spiro atoms. The standard InChI is InChI=1S/C11H15NOS/c1-7-4-8(2)6-10(5-7)13-9(3)11(12)14/h4-6,9H,1-3H3,(H2,12,14). The summed E-state index contributed by atoms with van der Waals surface area (Å²) in [7, 11) is 0. The largest absolute Gasteiger partial charge is 0.484 e. The van der Waals surface area contributed by atoms with Crippen molar-refractivity contribution in [3.63, 3.8) is 0 Å². The summed E-state index contributed by atoms with van der Waals surface area (Å²) in [6, 6.07) is 6.04. The molecule has 0 saturated carbocycles. The van der Waals surface area contributed by atoms with E-state index in [0.717, 1.165) is 5.75 Å². The summed E-state index contributed by atoms with van der Waals surface area (Å²) in [5.74, 6) is 0.822. The van der Waals surface area contributed by atoms with Gasteiger partial charge < -0.3 is 10.5 Å². The van der Waals surface area contributed by atoms with E-state index in [-0.39, 0.29) is 6.10 Å². The number of thiocarbonyl (C=S) groups is 1. The highest BCUT2D eigenvalue weighted by Gasteiger charge is 2.06. The third-order valence-electron chi connectivity index (χ3n) is 1.91. The first-order valence-electron chi connectivity index (χ1n) is 4.53. The van der Waals surface area contributed by atoms with Crippen LogP contribution in [0.2, 0.25) is 0 Å². The van der Waals surface area contributed by atoms with Gasteiger partial charge in [-0.05, 0) is 44.0 Å². The van der Waals surface area contributed by atoms with Crippen LogP contribution in [0.25, 0.3) is 0 Å². The topological polar surface area (TPSA) is 35.2 Å². The highest BCUT2D eigenvalue weighted by molar-refractivity contribution is 7.80. The van der Waals surface area contributed by atoms with Gasteiger partial charge in [0.05, 0.1) is 0 Å². The van der Waals surface area contributed by atoms with Crippen LogP contribution < -0.4 is 10.5 Å². The maximum absolute atomic E-state index is 5.57. The quantitative estimate of drug-likeness (QED) is 0.776. The molecule has 1 rings (SSSR count). The maximum atomic E-state index is 5.57. The van der Waals surface area contributed by atoms with Gasteiger partial charge in [-0.1, -0.05) is 18.3 Å². The van der Waals surface area contributed by atoms with Gasteiger partial charge in [-0.2, -0.15) is 0 Å². The van der Waals surface area contributed by atoms with Crippen LogP contribution in [-0.2, 0) is 0 Å². The molecule has 0 aliphatic carbocycles. The smallest absolute Gasteiger partial charge is 0.145 e. The number of benzene rings is 1. The molecule has 0 aliphatic heterocycles. The van der Waals surface area contributed by atoms with Crippen molar-refractivity contribution in [3.05, 3.63) is 29.3 Å². The van der Waals surface area contributed by atoms with Gasteiger partial charge in [-0.25, -0.2) is 0 Å². The minimum absolute atomic E-state index is 0.216. The molecule has 1 atom stereocenters. The lowest BCUT2D eigenvalue weighted by Gasteiger charge is -2.14. The zero-order valence-corrected chi connectivity index (χ0v) is 9.52. The second-order valence-electron chi connectivity index (χ2n) is 3.49. The molecule has 0 aliphatic rings. The second-order valence-corrected chi connectivity index (χ2v) is 3.96. The predicted molar refractivity (Wildman–Crippen MR) is 62.8 cm³/mol. The molecule has 0 amide bonds. The maximum Gasteiger partial charge on any atom is 0.145 e. The molecule has 0 aromatic heterocycles. The van der Waals surface area contributed by atoms with Gasteiger partial charge in [0, 0.05) is 0 Å². The molecule has 1 aromatic carbocycles. The van der Waals surface area contributed by atoms with E-state index in [1.807, 2.05) is 32.9 Å². The highest BCUT2D eigenvalue weighted by Crippen LogP contribution is 2.17. The van der Waals surface area contributed by atoms with Crippen LogP contribution in [0.3, 0.4) is 0 Å². The Morgan fingerprint density at radius 2 is 1.79 bits per heavy atom. The van der Waals surface area contributed by atoms with E-state index < -0.39 is 0 Å². The fourth-order valence-electron chi connectivity index (χ4n) is 1.26. The summed E-state index contributed by atoms with van der Waals surface area (Å²) >= 11 is 4.84. The van der Waals surface area contributed by atoms with E-state index in [1.165, 1.54) is 11.1 Å². The molecule has 0 heterocycles. The van der Waals surface area contributed by atoms with Crippen molar-refractivity contribution >= 4 is 17.2 Å². The fourth-order valence-corrected chi connectivity index (χ4v) is 1.31. The van der Waals surface area contributed by atoms with Gasteiger partial charge in [0.25, 0.3) is 0 Å². The van der Waals surface area contributed by atoms with E-state index in [1.54, 1.807) is 0 Å². The van der Waals surface area contributed by atoms with Gasteiger partial charge in [0.1, 0.15) is 16.8 Å². The Labute approximate surface area is 90.1 Å². The normalized spacial score (nSPS) is 12.2. The van der Waals surface area contributed by atoms with Gasteiger partial charge in [-0.3, -0.25) is 0 Å². The number of ether oxygens (including phenoxy) is 1. The van der Waals surface area contributed by atoms with Crippen LogP contribution in [0, 0.1) is 13.8 Å². The monoisotopic (exact) mass is 209 g/mol. The molecule has 1 unspecified atom stereocenters. The van der Waals surface area contributed by atoms with E-state index in [9.17, 15) is 0 Å². The summed E-state index contributed by atoms with van der Waals surface area (Å²) in [6.07, 6.45) is -0.216. The van der Waals surface area contributed by atoms with Gasteiger partial charge in [-0.15, -0.1) is 0 Å². The van der Waals surface area contributed by atoms with Gasteiger partial charge in [0.2, 0.25) is 0 Å². The van der Waals surface area contributed by atoms with Crippen LogP contribution in [0.5, 0.6) is 5.75 Å². The molecule has 0 radical (unpaired) electrons. The Hall–Kier alpha value is -1.09. The van der Waals surface area contributed by atoms with E-state index in [0.29, 0.717) is 4.99 Å². The van der Waals surface area contributed by atoms with Crippen molar-refractivity contribution in [2.24, 2.45) is 5.73 Å². The molecular formula is C11H15NOS. The van der Waals surface area contributed by atoms with Crippen molar-refractivity contribution in [1.29, 1.82) is 0 Å². The van der Waals surface area contributed by atoms with Crippen LogP contribution >= 0.6 is 12.2 Å². The van der Waals surface area contributed by atoms with Crippen molar-refractivity contribution in [2.75, 3.05) is 0 Å². The van der Waals surface area contributed by atoms with Crippen molar-refractivity contribution in [3.8, 4) is 5.75 Å². The van der Waals surface area contributed by atoms with E-state index in [4.69, 9.17) is 22.7 Å². The molecule has 1 aromatic rings. The molecule has 2 N–H and O–H groups in total. The molecule has 76 valence electrons. The highest BCUT2D eigenvalue weighted by atomic mass is 32.1. The second kappa shape index (κ2) is 4.42. The molecule has 2 nitrogen and oxygen atoms in total. The summed E-state index contributed by atoms with van der Waals surface area (Å²) in [5.41, 5.74) is 7.82. The Bertz CT molecular complexity index is 329. The predicted octanol–water partition coefficient (Wildman–Crippen LogP) is 2.36. The molecule has 0 fully saturated rings. The minimum atomic E-state index is -0.216. The number of hydrogen-bond acceptors (Lipinski definition) is 2. The Morgan fingerprint density at radius 3 is 2.21 bits per heavy atom. The van der Waals surface area contributed by atoms with E-state index >= 15 is 0 Å². The van der Waals surface area contributed by atoms with Gasteiger partial charge in [0.15, 0.2) is 0 Å². The summed E-state index contributed by atoms with van der Waals surface area (Å²) in [4.78, 5) is 0.379. The van der Waals surface area contributed by atoms with Crippen LogP contribution in [0.15, 0.2) is 18.2 Å². The molecule has 0 bridgehead atoms. The number of rotatable bonds is 3. The Balaban J connectivity index is 2.81. The van der Waals surface area contributed by atoms with Crippen LogP contribution in [-0.4, -0.2) is 11.1 Å². The summed E-state index contributed by atoms with van der Waals surface area (Å²) < 4.78 is 5.57. The zero-order valence-electron chi connectivity index (χ0n) is 8.70. The number of aryl methyl sites for hydroxylation is 2. The Kier molecular flexibility index (Phi) is 3.47. The number of nitrogens with two attached hydrogens (primary N) is 1. The first-order valence-corrected chi connectivity index (χ1v) is 4.94. The third kappa shape index (κ3) is 3.00. The number of hydrogen-bond donors (Lipinski definition) is 1. The first kappa shape index (κ1) is 11.0. The van der Waals surface area contributed by atoms with Crippen molar-refractivity contribution in [1.82, 2.24) is 0 Å². The molecule has 0 saturated heterocycles. The summed E-state index contributed by atoms with van der Waals surface area (Å²) in [5, 5.41) is 0. The molecular weight excluding hydrogens is 194 g/mol. The van der Waals surface area contributed by atoms with Crippen LogP contribution in [0.4, 0.5) is 0 Å². The lowest BCUT2D eigenvalue weighted by molar-refractivity contribution is 0.288. The zero-order chi connectivity index (χ0) is 10.7. The lowest BCUT2D eigenvalue weighted by atomic mass is 10.1. The fraction of sp³-hybridized carbons (Fsp3) is 0.364.